The molecule has 1 N–H and O–H groups in total. The number of hydrogen-bond acceptors (Lipinski definition) is 4. The summed E-state index contributed by atoms with van der Waals surface area (Å²) in [5, 5.41) is 7.56. The molecular formula is C18H16ClN3O3S. The van der Waals surface area contributed by atoms with Crippen molar-refractivity contribution in [2.24, 2.45) is 0 Å². The maximum atomic E-state index is 12.5. The Morgan fingerprint density at radius 1 is 1.15 bits per heavy atom. The average Bonchev–Trinajstić information content (AvgIpc) is 3.03. The molecule has 3 rings (SSSR count). The van der Waals surface area contributed by atoms with E-state index >= 15 is 0 Å². The Balaban J connectivity index is 1.81. The highest BCUT2D eigenvalue weighted by Crippen LogP contribution is 2.19. The van der Waals surface area contributed by atoms with Crippen molar-refractivity contribution in [1.82, 2.24) is 9.78 Å². The van der Waals surface area contributed by atoms with Crippen molar-refractivity contribution in [3.05, 3.63) is 76.9 Å². The van der Waals surface area contributed by atoms with Crippen LogP contribution >= 0.6 is 11.6 Å². The third kappa shape index (κ3) is 4.12. The fourth-order valence-corrected chi connectivity index (χ4v) is 3.27. The average molecular weight is 390 g/mol. The number of aromatic nitrogens is 2. The van der Waals surface area contributed by atoms with Crippen LogP contribution in [0.5, 0.6) is 0 Å². The molecule has 3 aromatic rings. The van der Waals surface area contributed by atoms with Crippen molar-refractivity contribution in [2.45, 2.75) is 11.4 Å². The van der Waals surface area contributed by atoms with E-state index in [1.54, 1.807) is 29.1 Å². The molecule has 1 aromatic heterocycles. The Labute approximate surface area is 156 Å². The standard InChI is InChI=1S/C18H16ClN3O3S/c1-26(24,25)15-7-4-6-13(11-15)18(23)21-17-9-10-20-22(17)12-14-5-2-3-8-16(14)19/h2-11H,12H2,1H3,(H,21,23). The van der Waals surface area contributed by atoms with Crippen molar-refractivity contribution in [3.63, 3.8) is 0 Å². The van der Waals surface area contributed by atoms with Crippen LogP contribution in [0.4, 0.5) is 5.82 Å². The molecule has 1 heterocycles. The van der Waals surface area contributed by atoms with Gasteiger partial charge in [-0.1, -0.05) is 35.9 Å². The van der Waals surface area contributed by atoms with Crippen molar-refractivity contribution in [2.75, 3.05) is 11.6 Å². The van der Waals surface area contributed by atoms with Gasteiger partial charge in [0.2, 0.25) is 0 Å². The van der Waals surface area contributed by atoms with Gasteiger partial charge in [-0.2, -0.15) is 5.10 Å². The Kier molecular flexibility index (Phi) is 5.11. The first kappa shape index (κ1) is 18.2. The van der Waals surface area contributed by atoms with Crippen molar-refractivity contribution in [1.29, 1.82) is 0 Å². The van der Waals surface area contributed by atoms with Crippen LogP contribution < -0.4 is 5.32 Å². The van der Waals surface area contributed by atoms with E-state index < -0.39 is 15.7 Å². The Hall–Kier alpha value is -2.64. The van der Waals surface area contributed by atoms with Crippen LogP contribution in [0.25, 0.3) is 0 Å². The molecule has 0 saturated carbocycles. The number of rotatable bonds is 5. The third-order valence-corrected chi connectivity index (χ3v) is 5.24. The lowest BCUT2D eigenvalue weighted by Gasteiger charge is -2.10. The summed E-state index contributed by atoms with van der Waals surface area (Å²) >= 11 is 6.17. The molecule has 0 radical (unpaired) electrons. The van der Waals surface area contributed by atoms with E-state index in [2.05, 4.69) is 10.4 Å². The normalized spacial score (nSPS) is 11.3. The lowest BCUT2D eigenvalue weighted by molar-refractivity contribution is 0.102. The summed E-state index contributed by atoms with van der Waals surface area (Å²) in [5.41, 5.74) is 1.12. The van der Waals surface area contributed by atoms with Gasteiger partial charge in [-0.3, -0.25) is 4.79 Å². The van der Waals surface area contributed by atoms with Crippen molar-refractivity contribution >= 4 is 33.2 Å². The number of nitrogens with one attached hydrogen (secondary N) is 1. The van der Waals surface area contributed by atoms with Gasteiger partial charge < -0.3 is 5.32 Å². The second kappa shape index (κ2) is 7.31. The minimum atomic E-state index is -3.39. The van der Waals surface area contributed by atoms with E-state index in [1.807, 2.05) is 18.2 Å². The van der Waals surface area contributed by atoms with Crippen LogP contribution in [0.3, 0.4) is 0 Å². The maximum Gasteiger partial charge on any atom is 0.256 e. The molecule has 134 valence electrons. The fourth-order valence-electron chi connectivity index (χ4n) is 2.41. The fraction of sp³-hybridized carbons (Fsp3) is 0.111. The molecule has 0 spiro atoms. The molecule has 8 heteroatoms. The summed E-state index contributed by atoms with van der Waals surface area (Å²) in [5.74, 6) is 0.0658. The van der Waals surface area contributed by atoms with Gasteiger partial charge >= 0.3 is 0 Å². The number of hydrogen-bond donors (Lipinski definition) is 1. The second-order valence-electron chi connectivity index (χ2n) is 5.72. The highest BCUT2D eigenvalue weighted by Gasteiger charge is 2.14. The Morgan fingerprint density at radius 2 is 1.92 bits per heavy atom. The first-order valence-electron chi connectivity index (χ1n) is 7.71. The summed E-state index contributed by atoms with van der Waals surface area (Å²) < 4.78 is 24.9. The number of sulfone groups is 1. The molecule has 2 aromatic carbocycles. The summed E-state index contributed by atoms with van der Waals surface area (Å²) in [7, 11) is -3.39. The monoisotopic (exact) mass is 389 g/mol. The topological polar surface area (TPSA) is 81.1 Å². The van der Waals surface area contributed by atoms with Crippen LogP contribution in [-0.4, -0.2) is 30.4 Å². The number of nitrogens with zero attached hydrogens (tertiary/aromatic N) is 2. The van der Waals surface area contributed by atoms with E-state index in [0.29, 0.717) is 17.4 Å². The summed E-state index contributed by atoms with van der Waals surface area (Å²) in [6, 6.07) is 14.9. The molecule has 0 aliphatic heterocycles. The predicted octanol–water partition coefficient (Wildman–Crippen LogP) is 3.24. The molecule has 6 nitrogen and oxygen atoms in total. The highest BCUT2D eigenvalue weighted by molar-refractivity contribution is 7.90. The molecule has 0 saturated heterocycles. The number of carbonyl (C=O) groups excluding carboxylic acids is 1. The van der Waals surface area contributed by atoms with Gasteiger partial charge in [-0.25, -0.2) is 13.1 Å². The summed E-state index contributed by atoms with van der Waals surface area (Å²) in [6.45, 7) is 0.395. The van der Waals surface area contributed by atoms with Crippen LogP contribution in [0.15, 0.2) is 65.7 Å². The predicted molar refractivity (Wildman–Crippen MR) is 100 cm³/mol. The number of carbonyl (C=O) groups is 1. The van der Waals surface area contributed by atoms with Gasteiger partial charge in [0.15, 0.2) is 9.84 Å². The number of benzene rings is 2. The van der Waals surface area contributed by atoms with Gasteiger partial charge in [0, 0.05) is 22.9 Å². The van der Waals surface area contributed by atoms with Gasteiger partial charge in [-0.15, -0.1) is 0 Å². The van der Waals surface area contributed by atoms with Crippen LogP contribution in [-0.2, 0) is 16.4 Å². The van der Waals surface area contributed by atoms with E-state index in [1.165, 1.54) is 18.2 Å². The molecule has 26 heavy (non-hydrogen) atoms. The zero-order chi connectivity index (χ0) is 18.7. The molecule has 0 aliphatic rings. The molecule has 0 aliphatic carbocycles. The van der Waals surface area contributed by atoms with Crippen LogP contribution in [0.1, 0.15) is 15.9 Å². The van der Waals surface area contributed by atoms with E-state index in [4.69, 9.17) is 11.6 Å². The molecule has 0 unspecified atom stereocenters. The quantitative estimate of drug-likeness (QED) is 0.726. The zero-order valence-corrected chi connectivity index (χ0v) is 15.5. The summed E-state index contributed by atoms with van der Waals surface area (Å²) in [4.78, 5) is 12.6. The van der Waals surface area contributed by atoms with Gasteiger partial charge in [0.1, 0.15) is 5.82 Å². The minimum Gasteiger partial charge on any atom is -0.307 e. The van der Waals surface area contributed by atoms with Crippen molar-refractivity contribution < 1.29 is 13.2 Å². The number of halogens is 1. The minimum absolute atomic E-state index is 0.0923. The van der Waals surface area contributed by atoms with Gasteiger partial charge in [0.05, 0.1) is 17.6 Å². The lowest BCUT2D eigenvalue weighted by atomic mass is 10.2. The van der Waals surface area contributed by atoms with E-state index in [0.717, 1.165) is 11.8 Å². The highest BCUT2D eigenvalue weighted by atomic mass is 35.5. The molecule has 0 atom stereocenters. The first-order valence-corrected chi connectivity index (χ1v) is 9.98. The van der Waals surface area contributed by atoms with Crippen LogP contribution in [0, 0.1) is 0 Å². The largest absolute Gasteiger partial charge is 0.307 e. The summed E-state index contributed by atoms with van der Waals surface area (Å²) in [6.07, 6.45) is 2.67. The van der Waals surface area contributed by atoms with E-state index in [-0.39, 0.29) is 10.5 Å². The maximum absolute atomic E-state index is 12.5. The SMILES string of the molecule is CS(=O)(=O)c1cccc(C(=O)Nc2ccnn2Cc2ccccc2Cl)c1. The zero-order valence-electron chi connectivity index (χ0n) is 13.9. The number of amides is 1. The lowest BCUT2D eigenvalue weighted by Crippen LogP contribution is -2.16. The second-order valence-corrected chi connectivity index (χ2v) is 8.14. The molecule has 0 fully saturated rings. The molecule has 0 bridgehead atoms. The Bertz CT molecular complexity index is 1060. The Morgan fingerprint density at radius 3 is 2.65 bits per heavy atom. The number of anilines is 1. The molecular weight excluding hydrogens is 374 g/mol. The smallest absolute Gasteiger partial charge is 0.256 e. The third-order valence-electron chi connectivity index (χ3n) is 3.76. The first-order chi connectivity index (χ1) is 12.3. The van der Waals surface area contributed by atoms with Gasteiger partial charge in [-0.05, 0) is 29.8 Å². The molecule has 1 amide bonds. The van der Waals surface area contributed by atoms with Crippen molar-refractivity contribution in [3.8, 4) is 0 Å². The van der Waals surface area contributed by atoms with E-state index in [9.17, 15) is 13.2 Å². The van der Waals surface area contributed by atoms with Crippen LogP contribution in [0.2, 0.25) is 5.02 Å². The van der Waals surface area contributed by atoms with Gasteiger partial charge in [0.25, 0.3) is 5.91 Å².